The molecule has 0 heterocycles. The molecule has 176 valence electrons. The highest BCUT2D eigenvalue weighted by atomic mass is 16.6. The predicted octanol–water partition coefficient (Wildman–Crippen LogP) is 5.98. The molecule has 3 rings (SSSR count). The standard InChI is InChI=1S/C28H29NO5/c1-28(2,3)34-27(31)22-14-13-21(20-9-7-6-8-10-20)18-23(22)29-26(30)16-12-19-11-15-24(32-4)25(17-19)33-5/h6-18H,1-5H3,(H,29,30). The molecule has 0 saturated carbocycles. The zero-order valence-corrected chi connectivity index (χ0v) is 20.0. The van der Waals surface area contributed by atoms with Gasteiger partial charge in [-0.3, -0.25) is 4.79 Å². The Hall–Kier alpha value is -4.06. The Morgan fingerprint density at radius 3 is 2.18 bits per heavy atom. The van der Waals surface area contributed by atoms with Crippen molar-refractivity contribution in [2.24, 2.45) is 0 Å². The monoisotopic (exact) mass is 459 g/mol. The van der Waals surface area contributed by atoms with E-state index in [1.165, 1.54) is 6.08 Å². The van der Waals surface area contributed by atoms with Crippen molar-refractivity contribution < 1.29 is 23.8 Å². The molecule has 0 bridgehead atoms. The van der Waals surface area contributed by atoms with E-state index in [4.69, 9.17) is 14.2 Å². The zero-order chi connectivity index (χ0) is 24.7. The number of amides is 1. The van der Waals surface area contributed by atoms with Gasteiger partial charge in [-0.1, -0.05) is 42.5 Å². The van der Waals surface area contributed by atoms with Gasteiger partial charge in [-0.05, 0) is 67.8 Å². The van der Waals surface area contributed by atoms with Crippen molar-refractivity contribution in [2.45, 2.75) is 26.4 Å². The molecule has 0 radical (unpaired) electrons. The van der Waals surface area contributed by atoms with Crippen LogP contribution in [0.25, 0.3) is 17.2 Å². The third-order valence-corrected chi connectivity index (χ3v) is 4.84. The van der Waals surface area contributed by atoms with E-state index in [1.807, 2.05) is 42.5 Å². The van der Waals surface area contributed by atoms with Crippen LogP contribution < -0.4 is 14.8 Å². The SMILES string of the molecule is COc1ccc(C=CC(=O)Nc2cc(-c3ccccc3)ccc2C(=O)OC(C)(C)C)cc1OC. The smallest absolute Gasteiger partial charge is 0.340 e. The minimum absolute atomic E-state index is 0.280. The summed E-state index contributed by atoms with van der Waals surface area (Å²) in [5.41, 5.74) is 2.59. The van der Waals surface area contributed by atoms with Crippen molar-refractivity contribution in [2.75, 3.05) is 19.5 Å². The number of hydrogen-bond donors (Lipinski definition) is 1. The highest BCUT2D eigenvalue weighted by Crippen LogP contribution is 2.29. The molecule has 6 heteroatoms. The molecule has 0 aromatic heterocycles. The van der Waals surface area contributed by atoms with Crippen molar-refractivity contribution >= 4 is 23.6 Å². The van der Waals surface area contributed by atoms with Crippen molar-refractivity contribution in [3.05, 3.63) is 83.9 Å². The van der Waals surface area contributed by atoms with Gasteiger partial charge < -0.3 is 19.5 Å². The molecule has 0 atom stereocenters. The topological polar surface area (TPSA) is 73.9 Å². The van der Waals surface area contributed by atoms with Crippen LogP contribution in [0.3, 0.4) is 0 Å². The summed E-state index contributed by atoms with van der Waals surface area (Å²) in [6.45, 7) is 5.40. The number of carbonyl (C=O) groups excluding carboxylic acids is 2. The molecule has 0 saturated heterocycles. The minimum Gasteiger partial charge on any atom is -0.493 e. The maximum Gasteiger partial charge on any atom is 0.340 e. The number of rotatable bonds is 7. The first kappa shape index (κ1) is 24.6. The maximum absolute atomic E-state index is 12.8. The number of carbonyl (C=O) groups is 2. The number of ether oxygens (including phenoxy) is 3. The van der Waals surface area contributed by atoms with E-state index in [0.717, 1.165) is 16.7 Å². The second-order valence-corrected chi connectivity index (χ2v) is 8.57. The molecule has 34 heavy (non-hydrogen) atoms. The molecule has 0 unspecified atom stereocenters. The maximum atomic E-state index is 12.8. The van der Waals surface area contributed by atoms with Gasteiger partial charge in [0.2, 0.25) is 5.91 Å². The third kappa shape index (κ3) is 6.48. The predicted molar refractivity (Wildman–Crippen MR) is 134 cm³/mol. The number of esters is 1. The van der Waals surface area contributed by atoms with Crippen LogP contribution >= 0.6 is 0 Å². The number of hydrogen-bond acceptors (Lipinski definition) is 5. The molecule has 6 nitrogen and oxygen atoms in total. The van der Waals surface area contributed by atoms with Crippen molar-refractivity contribution in [1.29, 1.82) is 0 Å². The van der Waals surface area contributed by atoms with E-state index in [-0.39, 0.29) is 11.5 Å². The Kier molecular flexibility index (Phi) is 7.74. The summed E-state index contributed by atoms with van der Waals surface area (Å²) in [4.78, 5) is 25.6. The highest BCUT2D eigenvalue weighted by molar-refractivity contribution is 6.07. The van der Waals surface area contributed by atoms with Crippen LogP contribution in [-0.2, 0) is 9.53 Å². The van der Waals surface area contributed by atoms with Crippen LogP contribution in [0.2, 0.25) is 0 Å². The van der Waals surface area contributed by atoms with Gasteiger partial charge in [0, 0.05) is 6.08 Å². The van der Waals surface area contributed by atoms with Crippen LogP contribution in [0.5, 0.6) is 11.5 Å². The lowest BCUT2D eigenvalue weighted by atomic mass is 10.0. The molecular weight excluding hydrogens is 430 g/mol. The molecule has 3 aromatic rings. The largest absolute Gasteiger partial charge is 0.493 e. The van der Waals surface area contributed by atoms with E-state index < -0.39 is 11.6 Å². The van der Waals surface area contributed by atoms with Gasteiger partial charge in [-0.2, -0.15) is 0 Å². The van der Waals surface area contributed by atoms with Gasteiger partial charge in [-0.15, -0.1) is 0 Å². The average molecular weight is 460 g/mol. The summed E-state index contributed by atoms with van der Waals surface area (Å²) in [7, 11) is 3.11. The average Bonchev–Trinajstić information content (AvgIpc) is 2.82. The molecule has 1 amide bonds. The van der Waals surface area contributed by atoms with Crippen molar-refractivity contribution in [1.82, 2.24) is 0 Å². The highest BCUT2D eigenvalue weighted by Gasteiger charge is 2.21. The second kappa shape index (κ2) is 10.7. The third-order valence-electron chi connectivity index (χ3n) is 4.84. The molecule has 0 aliphatic rings. The van der Waals surface area contributed by atoms with Gasteiger partial charge in [0.1, 0.15) is 5.60 Å². The van der Waals surface area contributed by atoms with Gasteiger partial charge in [0.05, 0.1) is 25.5 Å². The fraction of sp³-hybridized carbons (Fsp3) is 0.214. The summed E-state index contributed by atoms with van der Waals surface area (Å²) in [6, 6.07) is 20.3. The lowest BCUT2D eigenvalue weighted by molar-refractivity contribution is -0.111. The van der Waals surface area contributed by atoms with Gasteiger partial charge >= 0.3 is 5.97 Å². The quantitative estimate of drug-likeness (QED) is 0.348. The summed E-state index contributed by atoms with van der Waals surface area (Å²) >= 11 is 0. The van der Waals surface area contributed by atoms with E-state index >= 15 is 0 Å². The number of methoxy groups -OCH3 is 2. The molecule has 1 N–H and O–H groups in total. The Labute approximate surface area is 200 Å². The first-order valence-corrected chi connectivity index (χ1v) is 10.8. The van der Waals surface area contributed by atoms with Crippen molar-refractivity contribution in [3.63, 3.8) is 0 Å². The van der Waals surface area contributed by atoms with E-state index in [1.54, 1.807) is 65.3 Å². The Morgan fingerprint density at radius 1 is 0.824 bits per heavy atom. The Bertz CT molecular complexity index is 1190. The van der Waals surface area contributed by atoms with Crippen molar-refractivity contribution in [3.8, 4) is 22.6 Å². The Balaban J connectivity index is 1.89. The summed E-state index contributed by atoms with van der Waals surface area (Å²) in [6.07, 6.45) is 3.06. The van der Waals surface area contributed by atoms with Crippen LogP contribution in [0.15, 0.2) is 72.8 Å². The molecular formula is C28H29NO5. The molecule has 0 spiro atoms. The first-order chi connectivity index (χ1) is 16.2. The lowest BCUT2D eigenvalue weighted by Gasteiger charge is -2.21. The van der Waals surface area contributed by atoms with E-state index in [0.29, 0.717) is 17.2 Å². The lowest BCUT2D eigenvalue weighted by Crippen LogP contribution is -2.25. The van der Waals surface area contributed by atoms with Crippen LogP contribution in [0, 0.1) is 0 Å². The summed E-state index contributed by atoms with van der Waals surface area (Å²) in [5.74, 6) is 0.271. The second-order valence-electron chi connectivity index (χ2n) is 8.57. The Morgan fingerprint density at radius 2 is 1.53 bits per heavy atom. The summed E-state index contributed by atoms with van der Waals surface area (Å²) in [5, 5.41) is 2.83. The van der Waals surface area contributed by atoms with Crippen LogP contribution in [0.4, 0.5) is 5.69 Å². The van der Waals surface area contributed by atoms with Crippen LogP contribution in [0.1, 0.15) is 36.7 Å². The minimum atomic E-state index is -0.663. The van der Waals surface area contributed by atoms with Gasteiger partial charge in [-0.25, -0.2) is 4.79 Å². The van der Waals surface area contributed by atoms with Crippen LogP contribution in [-0.4, -0.2) is 31.7 Å². The van der Waals surface area contributed by atoms with Gasteiger partial charge in [0.15, 0.2) is 11.5 Å². The summed E-state index contributed by atoms with van der Waals surface area (Å²) < 4.78 is 16.1. The molecule has 0 fully saturated rings. The molecule has 0 aliphatic carbocycles. The fourth-order valence-corrected chi connectivity index (χ4v) is 3.27. The normalized spacial score (nSPS) is 11.2. The zero-order valence-electron chi connectivity index (χ0n) is 20.0. The molecule has 3 aromatic carbocycles. The van der Waals surface area contributed by atoms with E-state index in [2.05, 4.69) is 5.32 Å². The number of benzene rings is 3. The molecule has 0 aliphatic heterocycles. The fourth-order valence-electron chi connectivity index (χ4n) is 3.27. The number of nitrogens with one attached hydrogen (secondary N) is 1. The first-order valence-electron chi connectivity index (χ1n) is 10.8. The van der Waals surface area contributed by atoms with Gasteiger partial charge in [0.25, 0.3) is 0 Å². The van der Waals surface area contributed by atoms with E-state index in [9.17, 15) is 9.59 Å². The number of anilines is 1.